The van der Waals surface area contributed by atoms with Gasteiger partial charge in [0.1, 0.15) is 6.10 Å². The SMILES string of the molecule is CCCCCC(=O)C(OC)C1CCCC1C. The van der Waals surface area contributed by atoms with Crippen molar-refractivity contribution in [2.24, 2.45) is 11.8 Å². The Morgan fingerprint density at radius 1 is 1.38 bits per heavy atom. The van der Waals surface area contributed by atoms with Crippen molar-refractivity contribution in [2.45, 2.75) is 64.9 Å². The summed E-state index contributed by atoms with van der Waals surface area (Å²) in [5, 5.41) is 0. The molecule has 1 aliphatic carbocycles. The van der Waals surface area contributed by atoms with Crippen LogP contribution in [0.5, 0.6) is 0 Å². The molecule has 0 saturated heterocycles. The maximum Gasteiger partial charge on any atom is 0.161 e. The van der Waals surface area contributed by atoms with Gasteiger partial charge in [-0.3, -0.25) is 4.79 Å². The summed E-state index contributed by atoms with van der Waals surface area (Å²) in [5.41, 5.74) is 0. The first kappa shape index (κ1) is 13.7. The van der Waals surface area contributed by atoms with Crippen molar-refractivity contribution in [3.05, 3.63) is 0 Å². The summed E-state index contributed by atoms with van der Waals surface area (Å²) in [4.78, 5) is 12.1. The number of rotatable bonds is 7. The van der Waals surface area contributed by atoms with Crippen molar-refractivity contribution in [1.29, 1.82) is 0 Å². The molecule has 1 rings (SSSR count). The highest BCUT2D eigenvalue weighted by Gasteiger charge is 2.34. The predicted octanol–water partition coefficient (Wildman–Crippen LogP) is 3.59. The van der Waals surface area contributed by atoms with Crippen molar-refractivity contribution < 1.29 is 9.53 Å². The summed E-state index contributed by atoms with van der Waals surface area (Å²) < 4.78 is 5.45. The van der Waals surface area contributed by atoms with Crippen LogP contribution in [0, 0.1) is 11.8 Å². The van der Waals surface area contributed by atoms with Crippen molar-refractivity contribution in [3.8, 4) is 0 Å². The molecule has 0 spiro atoms. The number of ketones is 1. The van der Waals surface area contributed by atoms with Crippen molar-refractivity contribution in [1.82, 2.24) is 0 Å². The average Bonchev–Trinajstić information content (AvgIpc) is 2.67. The van der Waals surface area contributed by atoms with Crippen LogP contribution < -0.4 is 0 Å². The minimum Gasteiger partial charge on any atom is -0.373 e. The monoisotopic (exact) mass is 226 g/mol. The summed E-state index contributed by atoms with van der Waals surface area (Å²) in [6.07, 6.45) is 7.60. The second kappa shape index (κ2) is 7.05. The smallest absolute Gasteiger partial charge is 0.161 e. The van der Waals surface area contributed by atoms with E-state index in [0.717, 1.165) is 12.8 Å². The lowest BCUT2D eigenvalue weighted by molar-refractivity contribution is -0.132. The van der Waals surface area contributed by atoms with Gasteiger partial charge in [-0.2, -0.15) is 0 Å². The van der Waals surface area contributed by atoms with E-state index in [4.69, 9.17) is 4.74 Å². The summed E-state index contributed by atoms with van der Waals surface area (Å²) in [7, 11) is 1.69. The van der Waals surface area contributed by atoms with E-state index in [1.807, 2.05) is 0 Å². The molecule has 0 aromatic carbocycles. The normalized spacial score (nSPS) is 26.9. The topological polar surface area (TPSA) is 26.3 Å². The quantitative estimate of drug-likeness (QED) is 0.620. The number of hydrogen-bond acceptors (Lipinski definition) is 2. The summed E-state index contributed by atoms with van der Waals surface area (Å²) in [6, 6.07) is 0. The summed E-state index contributed by atoms with van der Waals surface area (Å²) in [6.45, 7) is 4.42. The number of unbranched alkanes of at least 4 members (excludes halogenated alkanes) is 2. The zero-order valence-electron chi connectivity index (χ0n) is 11.0. The maximum atomic E-state index is 12.1. The molecular formula is C14H26O2. The first-order valence-electron chi connectivity index (χ1n) is 6.76. The van der Waals surface area contributed by atoms with Gasteiger partial charge in [-0.25, -0.2) is 0 Å². The molecule has 1 fully saturated rings. The second-order valence-corrected chi connectivity index (χ2v) is 5.15. The highest BCUT2D eigenvalue weighted by molar-refractivity contribution is 5.83. The van der Waals surface area contributed by atoms with E-state index in [1.54, 1.807) is 7.11 Å². The van der Waals surface area contributed by atoms with Gasteiger partial charge in [0.25, 0.3) is 0 Å². The fourth-order valence-electron chi connectivity index (χ4n) is 2.86. The van der Waals surface area contributed by atoms with Gasteiger partial charge in [-0.1, -0.05) is 39.5 Å². The van der Waals surface area contributed by atoms with Crippen LogP contribution in [0.1, 0.15) is 58.8 Å². The van der Waals surface area contributed by atoms with E-state index in [-0.39, 0.29) is 6.10 Å². The molecule has 1 aliphatic rings. The molecule has 0 N–H and O–H groups in total. The Hall–Kier alpha value is -0.370. The summed E-state index contributed by atoms with van der Waals surface area (Å²) >= 11 is 0. The fraction of sp³-hybridized carbons (Fsp3) is 0.929. The van der Waals surface area contributed by atoms with E-state index >= 15 is 0 Å². The van der Waals surface area contributed by atoms with E-state index in [9.17, 15) is 4.79 Å². The van der Waals surface area contributed by atoms with Crippen LogP contribution in [0.4, 0.5) is 0 Å². The fourth-order valence-corrected chi connectivity index (χ4v) is 2.86. The molecule has 94 valence electrons. The molecule has 0 aromatic rings. The molecule has 0 bridgehead atoms. The third kappa shape index (κ3) is 3.58. The van der Waals surface area contributed by atoms with Crippen LogP contribution in [-0.4, -0.2) is 19.0 Å². The van der Waals surface area contributed by atoms with Gasteiger partial charge >= 0.3 is 0 Å². The van der Waals surface area contributed by atoms with Crippen LogP contribution in [0.3, 0.4) is 0 Å². The van der Waals surface area contributed by atoms with Crippen molar-refractivity contribution in [3.63, 3.8) is 0 Å². The third-order valence-electron chi connectivity index (χ3n) is 3.91. The highest BCUT2D eigenvalue weighted by atomic mass is 16.5. The number of carbonyl (C=O) groups excluding carboxylic acids is 1. The Morgan fingerprint density at radius 3 is 2.62 bits per heavy atom. The lowest BCUT2D eigenvalue weighted by Crippen LogP contribution is -2.33. The van der Waals surface area contributed by atoms with Crippen LogP contribution in [0.15, 0.2) is 0 Å². The van der Waals surface area contributed by atoms with Crippen LogP contribution in [-0.2, 0) is 9.53 Å². The molecular weight excluding hydrogens is 200 g/mol. The maximum absolute atomic E-state index is 12.1. The molecule has 0 aromatic heterocycles. The number of carbonyl (C=O) groups is 1. The van der Waals surface area contributed by atoms with Gasteiger partial charge in [-0.05, 0) is 24.7 Å². The Bertz CT molecular complexity index is 213. The van der Waals surface area contributed by atoms with E-state index in [0.29, 0.717) is 24.0 Å². The predicted molar refractivity (Wildman–Crippen MR) is 66.5 cm³/mol. The van der Waals surface area contributed by atoms with Gasteiger partial charge in [-0.15, -0.1) is 0 Å². The molecule has 0 aliphatic heterocycles. The minimum absolute atomic E-state index is 0.130. The van der Waals surface area contributed by atoms with Gasteiger partial charge in [0.2, 0.25) is 0 Å². The Morgan fingerprint density at radius 2 is 2.12 bits per heavy atom. The second-order valence-electron chi connectivity index (χ2n) is 5.15. The number of hydrogen-bond donors (Lipinski definition) is 0. The summed E-state index contributed by atoms with van der Waals surface area (Å²) in [5.74, 6) is 1.45. The van der Waals surface area contributed by atoms with Gasteiger partial charge < -0.3 is 4.74 Å². The lowest BCUT2D eigenvalue weighted by Gasteiger charge is -2.24. The first-order chi connectivity index (χ1) is 7.70. The number of ether oxygens (including phenoxy) is 1. The van der Waals surface area contributed by atoms with Crippen LogP contribution >= 0.6 is 0 Å². The van der Waals surface area contributed by atoms with Crippen LogP contribution in [0.25, 0.3) is 0 Å². The molecule has 0 amide bonds. The van der Waals surface area contributed by atoms with E-state index < -0.39 is 0 Å². The molecule has 16 heavy (non-hydrogen) atoms. The van der Waals surface area contributed by atoms with E-state index in [1.165, 1.54) is 25.7 Å². The number of Topliss-reactive ketones (excluding diaryl/α,β-unsaturated/α-hetero) is 1. The molecule has 3 atom stereocenters. The standard InChI is InChI=1S/C14H26O2/c1-4-5-6-10-13(15)14(16-3)12-9-7-8-11(12)2/h11-12,14H,4-10H2,1-3H3. The Kier molecular flexibility index (Phi) is 6.04. The van der Waals surface area contributed by atoms with E-state index in [2.05, 4.69) is 13.8 Å². The van der Waals surface area contributed by atoms with Gasteiger partial charge in [0.05, 0.1) is 0 Å². The van der Waals surface area contributed by atoms with Crippen LogP contribution in [0.2, 0.25) is 0 Å². The number of methoxy groups -OCH3 is 1. The average molecular weight is 226 g/mol. The zero-order valence-corrected chi connectivity index (χ0v) is 11.0. The Balaban J connectivity index is 2.43. The minimum atomic E-state index is -0.130. The first-order valence-corrected chi connectivity index (χ1v) is 6.76. The molecule has 1 saturated carbocycles. The highest BCUT2D eigenvalue weighted by Crippen LogP contribution is 2.35. The Labute approximate surface area is 99.8 Å². The third-order valence-corrected chi connectivity index (χ3v) is 3.91. The van der Waals surface area contributed by atoms with Crippen molar-refractivity contribution >= 4 is 5.78 Å². The van der Waals surface area contributed by atoms with Gasteiger partial charge in [0, 0.05) is 13.5 Å². The molecule has 2 nitrogen and oxygen atoms in total. The molecule has 2 heteroatoms. The molecule has 3 unspecified atom stereocenters. The largest absolute Gasteiger partial charge is 0.373 e. The zero-order chi connectivity index (χ0) is 12.0. The lowest BCUT2D eigenvalue weighted by atomic mass is 9.88. The molecule has 0 radical (unpaired) electrons. The van der Waals surface area contributed by atoms with Crippen molar-refractivity contribution in [2.75, 3.05) is 7.11 Å². The molecule has 0 heterocycles. The van der Waals surface area contributed by atoms with Gasteiger partial charge in [0.15, 0.2) is 5.78 Å².